The lowest BCUT2D eigenvalue weighted by Gasteiger charge is -2.27. The number of hydrogen-bond acceptors (Lipinski definition) is 4. The lowest BCUT2D eigenvalue weighted by molar-refractivity contribution is 0.175. The number of hydrogen-bond donors (Lipinski definition) is 1. The van der Waals surface area contributed by atoms with Gasteiger partial charge in [0.25, 0.3) is 5.56 Å². The highest BCUT2D eigenvalue weighted by atomic mass is 32.2. The molecular formula is C25H33NO3SSi. The molecule has 4 nitrogen and oxygen atoms in total. The van der Waals surface area contributed by atoms with Crippen LogP contribution in [0.4, 0.5) is 0 Å². The van der Waals surface area contributed by atoms with Gasteiger partial charge in [0.15, 0.2) is 15.3 Å². The minimum absolute atomic E-state index is 0.0460. The van der Waals surface area contributed by atoms with Crippen molar-refractivity contribution in [1.29, 1.82) is 0 Å². The number of aryl methyl sites for hydroxylation is 2. The van der Waals surface area contributed by atoms with Crippen molar-refractivity contribution in [3.8, 4) is 5.75 Å². The summed E-state index contributed by atoms with van der Waals surface area (Å²) in [5.74, 6) is 0.0514. The Hall–Kier alpha value is -2.02. The molecule has 3 aromatic rings. The van der Waals surface area contributed by atoms with Crippen LogP contribution in [-0.4, -0.2) is 25.0 Å². The van der Waals surface area contributed by atoms with Gasteiger partial charge in [0.1, 0.15) is 10.6 Å². The Bertz CT molecular complexity index is 1160. The molecule has 3 rings (SSSR count). The lowest BCUT2D eigenvalue weighted by atomic mass is 9.86. The molecular weight excluding hydrogens is 422 g/mol. The van der Waals surface area contributed by atoms with Crippen LogP contribution < -0.4 is 5.56 Å². The van der Waals surface area contributed by atoms with Gasteiger partial charge in [0.05, 0.1) is 5.52 Å². The summed E-state index contributed by atoms with van der Waals surface area (Å²) < 4.78 is 8.19. The van der Waals surface area contributed by atoms with E-state index in [0.29, 0.717) is 15.8 Å². The van der Waals surface area contributed by atoms with Gasteiger partial charge in [-0.1, -0.05) is 45.0 Å². The Morgan fingerprint density at radius 3 is 2.16 bits per heavy atom. The molecule has 0 saturated heterocycles. The zero-order valence-corrected chi connectivity index (χ0v) is 21.7. The molecule has 1 heterocycles. The molecule has 2 aromatic carbocycles. The second kappa shape index (κ2) is 8.85. The fraction of sp³-hybridized carbons (Fsp3) is 0.400. The molecule has 1 aromatic heterocycles. The molecule has 166 valence electrons. The number of aromatic nitrogens is 1. The third-order valence-electron chi connectivity index (χ3n) is 5.66. The normalized spacial score (nSPS) is 13.2. The first kappa shape index (κ1) is 23.6. The van der Waals surface area contributed by atoms with Crippen molar-refractivity contribution >= 4 is 31.7 Å². The fourth-order valence-corrected chi connectivity index (χ4v) is 5.11. The first-order valence-electron chi connectivity index (χ1n) is 10.6. The molecule has 31 heavy (non-hydrogen) atoms. The van der Waals surface area contributed by atoms with E-state index in [-0.39, 0.29) is 16.7 Å². The maximum atomic E-state index is 13.6. The zero-order valence-electron chi connectivity index (χ0n) is 19.7. The maximum Gasteiger partial charge on any atom is 0.270 e. The Balaban J connectivity index is 2.35. The molecule has 0 radical (unpaired) electrons. The highest BCUT2D eigenvalue weighted by Crippen LogP contribution is 2.36. The van der Waals surface area contributed by atoms with Crippen LogP contribution in [-0.2, 0) is 9.84 Å². The Morgan fingerprint density at radius 1 is 1.06 bits per heavy atom. The van der Waals surface area contributed by atoms with Crippen LogP contribution in [0.15, 0.2) is 46.1 Å². The summed E-state index contributed by atoms with van der Waals surface area (Å²) in [5, 5.41) is 11.5. The highest BCUT2D eigenvalue weighted by Gasteiger charge is 2.25. The SMILES string of the molecule is CSc1c(O)c2cc(C)c(C)cc2n(C(O[SiH](C)C)c2ccc(C(C)(C)C)cc2)c1=O. The van der Waals surface area contributed by atoms with Crippen molar-refractivity contribution in [3.05, 3.63) is 69.0 Å². The fourth-order valence-electron chi connectivity index (χ4n) is 3.74. The molecule has 0 fully saturated rings. The lowest BCUT2D eigenvalue weighted by Crippen LogP contribution is -2.31. The van der Waals surface area contributed by atoms with Gasteiger partial charge in [-0.3, -0.25) is 9.36 Å². The minimum Gasteiger partial charge on any atom is -0.506 e. The summed E-state index contributed by atoms with van der Waals surface area (Å²) in [6.45, 7) is 14.8. The van der Waals surface area contributed by atoms with E-state index in [4.69, 9.17) is 4.43 Å². The number of aromatic hydroxyl groups is 1. The van der Waals surface area contributed by atoms with Crippen LogP contribution in [0, 0.1) is 13.8 Å². The van der Waals surface area contributed by atoms with Gasteiger partial charge in [0.2, 0.25) is 0 Å². The van der Waals surface area contributed by atoms with Crippen molar-refractivity contribution in [2.75, 3.05) is 6.26 Å². The maximum absolute atomic E-state index is 13.6. The summed E-state index contributed by atoms with van der Waals surface area (Å²) in [6.07, 6.45) is 1.28. The number of thioether (sulfide) groups is 1. The second-order valence-electron chi connectivity index (χ2n) is 9.42. The average Bonchev–Trinajstić information content (AvgIpc) is 2.68. The molecule has 0 spiro atoms. The van der Waals surface area contributed by atoms with Crippen LogP contribution in [0.5, 0.6) is 5.75 Å². The van der Waals surface area contributed by atoms with Gasteiger partial charge in [-0.05, 0) is 67.4 Å². The Morgan fingerprint density at radius 2 is 1.65 bits per heavy atom. The molecule has 1 unspecified atom stereocenters. The molecule has 0 aliphatic rings. The van der Waals surface area contributed by atoms with E-state index in [2.05, 4.69) is 58.1 Å². The van der Waals surface area contributed by atoms with E-state index < -0.39 is 15.3 Å². The molecule has 0 aliphatic heterocycles. The molecule has 0 bridgehead atoms. The third kappa shape index (κ3) is 4.61. The van der Waals surface area contributed by atoms with E-state index >= 15 is 0 Å². The van der Waals surface area contributed by atoms with Crippen molar-refractivity contribution < 1.29 is 9.53 Å². The van der Waals surface area contributed by atoms with Gasteiger partial charge < -0.3 is 9.53 Å². The van der Waals surface area contributed by atoms with E-state index in [9.17, 15) is 9.90 Å². The van der Waals surface area contributed by atoms with Gasteiger partial charge >= 0.3 is 0 Å². The summed E-state index contributed by atoms with van der Waals surface area (Å²) in [4.78, 5) is 13.9. The van der Waals surface area contributed by atoms with E-state index in [1.165, 1.54) is 17.3 Å². The Kier molecular flexibility index (Phi) is 6.74. The van der Waals surface area contributed by atoms with Crippen molar-refractivity contribution in [2.45, 2.75) is 64.3 Å². The predicted molar refractivity (Wildman–Crippen MR) is 134 cm³/mol. The van der Waals surface area contributed by atoms with E-state index in [0.717, 1.165) is 16.7 Å². The van der Waals surface area contributed by atoms with Crippen LogP contribution in [0.3, 0.4) is 0 Å². The molecule has 0 aliphatic carbocycles. The monoisotopic (exact) mass is 455 g/mol. The van der Waals surface area contributed by atoms with E-state index in [1.54, 1.807) is 4.57 Å². The van der Waals surface area contributed by atoms with Crippen LogP contribution in [0.25, 0.3) is 10.9 Å². The topological polar surface area (TPSA) is 51.5 Å². The largest absolute Gasteiger partial charge is 0.506 e. The predicted octanol–water partition coefficient (Wildman–Crippen LogP) is 5.89. The molecule has 1 atom stereocenters. The summed E-state index contributed by atoms with van der Waals surface area (Å²) in [7, 11) is -1.50. The number of rotatable bonds is 5. The standard InChI is InChI=1S/C25H33NO3SSi/c1-15-13-19-20(14-16(15)2)26(23(28)22(30-6)21(19)27)24(29-31(7)8)17-9-11-18(12-10-17)25(3,4)5/h9-14,24,27,31H,1-8H3. The number of benzene rings is 2. The quantitative estimate of drug-likeness (QED) is 0.385. The Labute approximate surface area is 191 Å². The molecule has 0 saturated carbocycles. The van der Waals surface area contributed by atoms with Crippen LogP contribution in [0.2, 0.25) is 13.1 Å². The summed E-state index contributed by atoms with van der Waals surface area (Å²) >= 11 is 1.27. The molecule has 1 N–H and O–H groups in total. The number of nitrogens with zero attached hydrogens (tertiary/aromatic N) is 1. The van der Waals surface area contributed by atoms with Crippen LogP contribution in [0.1, 0.15) is 49.3 Å². The first-order chi connectivity index (χ1) is 14.5. The highest BCUT2D eigenvalue weighted by molar-refractivity contribution is 7.98. The summed E-state index contributed by atoms with van der Waals surface area (Å²) in [6, 6.07) is 12.3. The first-order valence-corrected chi connectivity index (χ1v) is 14.6. The minimum atomic E-state index is -1.50. The number of pyridine rings is 1. The molecule has 6 heteroatoms. The van der Waals surface area contributed by atoms with Crippen LogP contribution >= 0.6 is 11.8 Å². The van der Waals surface area contributed by atoms with E-state index in [1.807, 2.05) is 32.2 Å². The van der Waals surface area contributed by atoms with Gasteiger partial charge in [-0.15, -0.1) is 11.8 Å². The zero-order chi connectivity index (χ0) is 23.1. The van der Waals surface area contributed by atoms with Crippen molar-refractivity contribution in [3.63, 3.8) is 0 Å². The second-order valence-corrected chi connectivity index (χ2v) is 12.6. The third-order valence-corrected chi connectivity index (χ3v) is 7.23. The average molecular weight is 456 g/mol. The van der Waals surface area contributed by atoms with Crippen molar-refractivity contribution in [2.24, 2.45) is 0 Å². The smallest absolute Gasteiger partial charge is 0.270 e. The van der Waals surface area contributed by atoms with Gasteiger partial charge in [-0.2, -0.15) is 0 Å². The van der Waals surface area contributed by atoms with Gasteiger partial charge in [-0.25, -0.2) is 0 Å². The van der Waals surface area contributed by atoms with Crippen molar-refractivity contribution in [1.82, 2.24) is 4.57 Å². The van der Waals surface area contributed by atoms with Gasteiger partial charge in [0, 0.05) is 10.9 Å². The molecule has 0 amide bonds. The summed E-state index contributed by atoms with van der Waals surface area (Å²) in [5.41, 5.74) is 4.84. The number of fused-ring (bicyclic) bond motifs is 1.